The third-order valence-corrected chi connectivity index (χ3v) is 5.34. The van der Waals surface area contributed by atoms with E-state index in [1.54, 1.807) is 0 Å². The molecule has 112 valence electrons. The second-order valence-corrected chi connectivity index (χ2v) is 6.46. The molecule has 1 aromatic carbocycles. The van der Waals surface area contributed by atoms with E-state index >= 15 is 0 Å². The van der Waals surface area contributed by atoms with Crippen LogP contribution in [-0.4, -0.2) is 17.8 Å². The maximum atomic E-state index is 10.7. The topological polar surface area (TPSA) is 46.2 Å². The Balaban J connectivity index is 1.90. The van der Waals surface area contributed by atoms with Crippen LogP contribution < -0.4 is 5.73 Å². The Morgan fingerprint density at radius 2 is 1.90 bits per heavy atom. The van der Waals surface area contributed by atoms with Gasteiger partial charge in [0.1, 0.15) is 0 Å². The molecule has 20 heavy (non-hydrogen) atoms. The first kappa shape index (κ1) is 15.5. The summed E-state index contributed by atoms with van der Waals surface area (Å²) in [6, 6.07) is 10.4. The fourth-order valence-corrected chi connectivity index (χ4v) is 3.59. The second kappa shape index (κ2) is 7.24. The molecular weight excluding hydrogens is 246 g/mol. The molecular formula is C18H29NO. The van der Waals surface area contributed by atoms with Gasteiger partial charge < -0.3 is 10.8 Å². The highest BCUT2D eigenvalue weighted by atomic mass is 16.3. The standard InChI is InChI=1S/C18H29NO/c1-2-15-10-12-18(14-19,13-11-15)17(20)9-8-16-6-4-3-5-7-16/h3-7,15,17,20H,2,8-14,19H2,1H3. The van der Waals surface area contributed by atoms with Crippen molar-refractivity contribution >= 4 is 0 Å². The number of benzene rings is 1. The van der Waals surface area contributed by atoms with Gasteiger partial charge in [-0.1, -0.05) is 43.7 Å². The maximum Gasteiger partial charge on any atom is 0.0611 e. The van der Waals surface area contributed by atoms with E-state index in [1.807, 2.05) is 6.07 Å². The van der Waals surface area contributed by atoms with Gasteiger partial charge >= 0.3 is 0 Å². The van der Waals surface area contributed by atoms with Crippen molar-refractivity contribution in [1.29, 1.82) is 0 Å². The first-order valence-corrected chi connectivity index (χ1v) is 8.12. The van der Waals surface area contributed by atoms with Gasteiger partial charge in [-0.25, -0.2) is 0 Å². The Bertz CT molecular complexity index is 382. The van der Waals surface area contributed by atoms with E-state index in [2.05, 4.69) is 31.2 Å². The Morgan fingerprint density at radius 3 is 2.45 bits per heavy atom. The quantitative estimate of drug-likeness (QED) is 0.834. The molecule has 1 aliphatic carbocycles. The van der Waals surface area contributed by atoms with Crippen molar-refractivity contribution in [2.24, 2.45) is 17.1 Å². The molecule has 0 aromatic heterocycles. The molecule has 2 heteroatoms. The highest BCUT2D eigenvalue weighted by molar-refractivity contribution is 5.15. The average Bonchev–Trinajstić information content (AvgIpc) is 2.53. The normalized spacial score (nSPS) is 28.2. The minimum absolute atomic E-state index is 0.0273. The number of hydrogen-bond donors (Lipinski definition) is 2. The fourth-order valence-electron chi connectivity index (χ4n) is 3.59. The molecule has 3 N–H and O–H groups in total. The summed E-state index contributed by atoms with van der Waals surface area (Å²) in [5.41, 5.74) is 7.31. The molecule has 0 bridgehead atoms. The van der Waals surface area contributed by atoms with Crippen molar-refractivity contribution in [2.75, 3.05) is 6.54 Å². The van der Waals surface area contributed by atoms with Crippen molar-refractivity contribution in [1.82, 2.24) is 0 Å². The van der Waals surface area contributed by atoms with Gasteiger partial charge in [0, 0.05) is 12.0 Å². The number of aryl methyl sites for hydroxylation is 1. The van der Waals surface area contributed by atoms with Gasteiger partial charge in [-0.15, -0.1) is 0 Å². The Labute approximate surface area is 123 Å². The van der Waals surface area contributed by atoms with Gasteiger partial charge in [-0.3, -0.25) is 0 Å². The van der Waals surface area contributed by atoms with Crippen molar-refractivity contribution in [3.05, 3.63) is 35.9 Å². The third-order valence-electron chi connectivity index (χ3n) is 5.34. The molecule has 0 heterocycles. The number of aliphatic hydroxyl groups is 1. The molecule has 1 aromatic rings. The van der Waals surface area contributed by atoms with Crippen LogP contribution in [0.15, 0.2) is 30.3 Å². The van der Waals surface area contributed by atoms with Gasteiger partial charge in [-0.05, 0) is 50.0 Å². The lowest BCUT2D eigenvalue weighted by molar-refractivity contribution is -0.0130. The van der Waals surface area contributed by atoms with Crippen LogP contribution in [0.3, 0.4) is 0 Å². The summed E-state index contributed by atoms with van der Waals surface area (Å²) in [5.74, 6) is 0.844. The first-order valence-electron chi connectivity index (χ1n) is 8.12. The average molecular weight is 275 g/mol. The number of aliphatic hydroxyl groups excluding tert-OH is 1. The molecule has 1 saturated carbocycles. The van der Waals surface area contributed by atoms with Crippen molar-refractivity contribution < 1.29 is 5.11 Å². The smallest absolute Gasteiger partial charge is 0.0611 e. The summed E-state index contributed by atoms with van der Waals surface area (Å²) in [6.45, 7) is 2.89. The van der Waals surface area contributed by atoms with Crippen LogP contribution in [0.25, 0.3) is 0 Å². The predicted octanol–water partition coefficient (Wildman–Crippen LogP) is 3.53. The molecule has 0 spiro atoms. The van der Waals surface area contributed by atoms with Crippen LogP contribution in [0.1, 0.15) is 51.0 Å². The van der Waals surface area contributed by atoms with Crippen LogP contribution in [0.4, 0.5) is 0 Å². The Hall–Kier alpha value is -0.860. The number of nitrogens with two attached hydrogens (primary N) is 1. The number of hydrogen-bond acceptors (Lipinski definition) is 2. The summed E-state index contributed by atoms with van der Waals surface area (Å²) in [4.78, 5) is 0. The third kappa shape index (κ3) is 3.62. The fraction of sp³-hybridized carbons (Fsp3) is 0.667. The molecule has 0 saturated heterocycles. The second-order valence-electron chi connectivity index (χ2n) is 6.46. The van der Waals surface area contributed by atoms with E-state index < -0.39 is 0 Å². The number of rotatable bonds is 6. The van der Waals surface area contributed by atoms with E-state index in [-0.39, 0.29) is 11.5 Å². The van der Waals surface area contributed by atoms with Crippen molar-refractivity contribution in [2.45, 2.75) is 58.0 Å². The summed E-state index contributed by atoms with van der Waals surface area (Å²) < 4.78 is 0. The lowest BCUT2D eigenvalue weighted by Crippen LogP contribution is -2.44. The minimum atomic E-state index is -0.259. The molecule has 1 atom stereocenters. The summed E-state index contributed by atoms with van der Waals surface area (Å²) in [5, 5.41) is 10.7. The lowest BCUT2D eigenvalue weighted by Gasteiger charge is -2.43. The highest BCUT2D eigenvalue weighted by Gasteiger charge is 2.39. The van der Waals surface area contributed by atoms with E-state index in [9.17, 15) is 5.11 Å². The van der Waals surface area contributed by atoms with Crippen LogP contribution in [-0.2, 0) is 6.42 Å². The molecule has 1 unspecified atom stereocenters. The Morgan fingerprint density at radius 1 is 1.25 bits per heavy atom. The summed E-state index contributed by atoms with van der Waals surface area (Å²) >= 11 is 0. The zero-order chi connectivity index (χ0) is 14.4. The van der Waals surface area contributed by atoms with E-state index in [0.717, 1.165) is 31.6 Å². The molecule has 1 aliphatic rings. The van der Waals surface area contributed by atoms with Gasteiger partial charge in [-0.2, -0.15) is 0 Å². The molecule has 0 radical (unpaired) electrons. The molecule has 0 aliphatic heterocycles. The van der Waals surface area contributed by atoms with E-state index in [0.29, 0.717) is 6.54 Å². The van der Waals surface area contributed by atoms with Gasteiger partial charge in [0.15, 0.2) is 0 Å². The van der Waals surface area contributed by atoms with Gasteiger partial charge in [0.2, 0.25) is 0 Å². The highest BCUT2D eigenvalue weighted by Crippen LogP contribution is 2.42. The minimum Gasteiger partial charge on any atom is -0.392 e. The van der Waals surface area contributed by atoms with E-state index in [4.69, 9.17) is 5.73 Å². The maximum absolute atomic E-state index is 10.7. The zero-order valence-electron chi connectivity index (χ0n) is 12.7. The van der Waals surface area contributed by atoms with Gasteiger partial charge in [0.25, 0.3) is 0 Å². The molecule has 1 fully saturated rings. The summed E-state index contributed by atoms with van der Waals surface area (Å²) in [7, 11) is 0. The molecule has 2 rings (SSSR count). The predicted molar refractivity (Wildman–Crippen MR) is 84.5 cm³/mol. The Kier molecular flexibility index (Phi) is 5.62. The summed E-state index contributed by atoms with van der Waals surface area (Å²) in [6.07, 6.45) is 7.44. The van der Waals surface area contributed by atoms with Crippen molar-refractivity contribution in [3.63, 3.8) is 0 Å². The largest absolute Gasteiger partial charge is 0.392 e. The lowest BCUT2D eigenvalue weighted by atomic mass is 9.66. The van der Waals surface area contributed by atoms with Crippen LogP contribution in [0.2, 0.25) is 0 Å². The van der Waals surface area contributed by atoms with E-state index in [1.165, 1.54) is 24.8 Å². The monoisotopic (exact) mass is 275 g/mol. The van der Waals surface area contributed by atoms with Crippen molar-refractivity contribution in [3.8, 4) is 0 Å². The molecule has 0 amide bonds. The first-order chi connectivity index (χ1) is 9.70. The SMILES string of the molecule is CCC1CCC(CN)(C(O)CCc2ccccc2)CC1. The van der Waals surface area contributed by atoms with Crippen LogP contribution in [0, 0.1) is 11.3 Å². The molecule has 2 nitrogen and oxygen atoms in total. The zero-order valence-corrected chi connectivity index (χ0v) is 12.7. The van der Waals surface area contributed by atoms with Gasteiger partial charge in [0.05, 0.1) is 6.10 Å². The van der Waals surface area contributed by atoms with Crippen LogP contribution >= 0.6 is 0 Å². The van der Waals surface area contributed by atoms with Crippen LogP contribution in [0.5, 0.6) is 0 Å².